The molecule has 0 saturated heterocycles. The van der Waals surface area contributed by atoms with Gasteiger partial charge in [-0.3, -0.25) is 4.98 Å². The SMILES string of the molecule is CCn1c(Cn2ccnc2-c2cccc(F)c2F)nc2cnccc21. The Morgan fingerprint density at radius 3 is 2.84 bits per heavy atom. The van der Waals surface area contributed by atoms with Gasteiger partial charge in [0.1, 0.15) is 17.2 Å². The van der Waals surface area contributed by atoms with Gasteiger partial charge in [0.25, 0.3) is 0 Å². The molecule has 126 valence electrons. The van der Waals surface area contributed by atoms with Gasteiger partial charge in [-0.25, -0.2) is 18.7 Å². The average Bonchev–Trinajstić information content (AvgIpc) is 3.21. The molecule has 0 bridgehead atoms. The molecule has 0 fully saturated rings. The highest BCUT2D eigenvalue weighted by molar-refractivity contribution is 5.74. The average molecular weight is 339 g/mol. The molecule has 0 N–H and O–H groups in total. The Labute approximate surface area is 142 Å². The molecule has 4 aromatic rings. The van der Waals surface area contributed by atoms with Gasteiger partial charge in [-0.15, -0.1) is 0 Å². The maximum Gasteiger partial charge on any atom is 0.169 e. The van der Waals surface area contributed by atoms with Crippen molar-refractivity contribution in [2.45, 2.75) is 20.0 Å². The molecule has 3 heterocycles. The molecule has 1 aromatic carbocycles. The third-order valence-corrected chi connectivity index (χ3v) is 4.17. The van der Waals surface area contributed by atoms with Crippen molar-refractivity contribution >= 4 is 11.0 Å². The van der Waals surface area contributed by atoms with Crippen molar-refractivity contribution in [1.82, 2.24) is 24.1 Å². The Bertz CT molecular complexity index is 1050. The number of fused-ring (bicyclic) bond motifs is 1. The first-order valence-electron chi connectivity index (χ1n) is 7.93. The minimum Gasteiger partial charge on any atom is -0.327 e. The number of halogens is 2. The van der Waals surface area contributed by atoms with Crippen molar-refractivity contribution < 1.29 is 8.78 Å². The first kappa shape index (κ1) is 15.4. The van der Waals surface area contributed by atoms with Crippen LogP contribution in [-0.4, -0.2) is 24.1 Å². The highest BCUT2D eigenvalue weighted by Crippen LogP contribution is 2.24. The molecule has 0 saturated carbocycles. The highest BCUT2D eigenvalue weighted by atomic mass is 19.2. The number of hydrogen-bond donors (Lipinski definition) is 0. The topological polar surface area (TPSA) is 48.5 Å². The van der Waals surface area contributed by atoms with Crippen LogP contribution >= 0.6 is 0 Å². The number of benzene rings is 1. The summed E-state index contributed by atoms with van der Waals surface area (Å²) in [6.07, 6.45) is 6.74. The van der Waals surface area contributed by atoms with Crippen molar-refractivity contribution in [3.05, 3.63) is 66.5 Å². The predicted octanol–water partition coefficient (Wildman–Crippen LogP) is 3.64. The van der Waals surface area contributed by atoms with E-state index in [2.05, 4.69) is 19.5 Å². The van der Waals surface area contributed by atoms with Crippen LogP contribution in [0.15, 0.2) is 49.1 Å². The third kappa shape index (κ3) is 2.57. The molecule has 25 heavy (non-hydrogen) atoms. The minimum atomic E-state index is -0.900. The van der Waals surface area contributed by atoms with Crippen LogP contribution in [0.5, 0.6) is 0 Å². The van der Waals surface area contributed by atoms with E-state index < -0.39 is 11.6 Å². The van der Waals surface area contributed by atoms with Crippen LogP contribution in [0.4, 0.5) is 8.78 Å². The van der Waals surface area contributed by atoms with E-state index >= 15 is 0 Å². The van der Waals surface area contributed by atoms with E-state index in [0.29, 0.717) is 12.4 Å². The van der Waals surface area contributed by atoms with Gasteiger partial charge in [0.15, 0.2) is 11.6 Å². The molecule has 7 heteroatoms. The summed E-state index contributed by atoms with van der Waals surface area (Å²) in [6, 6.07) is 6.00. The van der Waals surface area contributed by atoms with E-state index in [1.807, 2.05) is 13.0 Å². The fraction of sp³-hybridized carbons (Fsp3) is 0.167. The van der Waals surface area contributed by atoms with Crippen LogP contribution in [0, 0.1) is 11.6 Å². The van der Waals surface area contributed by atoms with Crippen molar-refractivity contribution in [2.24, 2.45) is 0 Å². The molecule has 4 rings (SSSR count). The summed E-state index contributed by atoms with van der Waals surface area (Å²) >= 11 is 0. The molecule has 0 atom stereocenters. The number of imidazole rings is 2. The molecule has 0 aliphatic carbocycles. The molecule has 0 unspecified atom stereocenters. The number of nitrogens with zero attached hydrogens (tertiary/aromatic N) is 5. The second kappa shape index (κ2) is 6.08. The molecule has 0 aliphatic rings. The van der Waals surface area contributed by atoms with Gasteiger partial charge in [-0.05, 0) is 25.1 Å². The quantitative estimate of drug-likeness (QED) is 0.570. The fourth-order valence-corrected chi connectivity index (χ4v) is 3.02. The molecule has 0 aliphatic heterocycles. The summed E-state index contributed by atoms with van der Waals surface area (Å²) in [5.74, 6) is -0.617. The number of aromatic nitrogens is 5. The lowest BCUT2D eigenvalue weighted by Crippen LogP contribution is -2.09. The lowest BCUT2D eigenvalue weighted by atomic mass is 10.2. The van der Waals surface area contributed by atoms with Gasteiger partial charge in [-0.2, -0.15) is 0 Å². The molecular weight excluding hydrogens is 324 g/mol. The Hall–Kier alpha value is -3.09. The maximum absolute atomic E-state index is 14.1. The number of aryl methyl sites for hydroxylation is 1. The van der Waals surface area contributed by atoms with Crippen molar-refractivity contribution in [3.63, 3.8) is 0 Å². The van der Waals surface area contributed by atoms with E-state index in [4.69, 9.17) is 0 Å². The Morgan fingerprint density at radius 2 is 2.00 bits per heavy atom. The zero-order chi connectivity index (χ0) is 17.4. The summed E-state index contributed by atoms with van der Waals surface area (Å²) in [5, 5.41) is 0. The van der Waals surface area contributed by atoms with E-state index in [0.717, 1.165) is 29.5 Å². The van der Waals surface area contributed by atoms with Crippen LogP contribution in [0.25, 0.3) is 22.4 Å². The van der Waals surface area contributed by atoms with Crippen molar-refractivity contribution in [1.29, 1.82) is 0 Å². The van der Waals surface area contributed by atoms with Crippen LogP contribution < -0.4 is 0 Å². The molecular formula is C18H15F2N5. The summed E-state index contributed by atoms with van der Waals surface area (Å²) in [7, 11) is 0. The molecule has 5 nitrogen and oxygen atoms in total. The zero-order valence-electron chi connectivity index (χ0n) is 13.5. The molecule has 0 spiro atoms. The van der Waals surface area contributed by atoms with Crippen LogP contribution in [0.2, 0.25) is 0 Å². The summed E-state index contributed by atoms with van der Waals surface area (Å²) in [5.41, 5.74) is 1.93. The largest absolute Gasteiger partial charge is 0.327 e. The van der Waals surface area contributed by atoms with Gasteiger partial charge >= 0.3 is 0 Å². The standard InChI is InChI=1S/C18H15F2N5/c1-2-25-15-6-7-21-10-14(15)23-16(25)11-24-9-8-22-18(24)12-4-3-5-13(19)17(12)20/h3-10H,2,11H2,1H3. The predicted molar refractivity (Wildman–Crippen MR) is 89.9 cm³/mol. The van der Waals surface area contributed by atoms with Gasteiger partial charge in [0.05, 0.1) is 23.8 Å². The van der Waals surface area contributed by atoms with Crippen LogP contribution in [0.1, 0.15) is 12.7 Å². The molecule has 3 aromatic heterocycles. The number of rotatable bonds is 4. The fourth-order valence-electron chi connectivity index (χ4n) is 3.02. The normalized spacial score (nSPS) is 11.3. The summed E-state index contributed by atoms with van der Waals surface area (Å²) < 4.78 is 31.5. The number of pyridine rings is 1. The van der Waals surface area contributed by atoms with E-state index in [1.54, 1.807) is 29.4 Å². The highest BCUT2D eigenvalue weighted by Gasteiger charge is 2.16. The van der Waals surface area contributed by atoms with Crippen molar-refractivity contribution in [2.75, 3.05) is 0 Å². The first-order chi connectivity index (χ1) is 12.2. The van der Waals surface area contributed by atoms with Gasteiger partial charge in [0.2, 0.25) is 0 Å². The van der Waals surface area contributed by atoms with Gasteiger partial charge in [0, 0.05) is 25.1 Å². The second-order valence-electron chi connectivity index (χ2n) is 5.62. The summed E-state index contributed by atoms with van der Waals surface area (Å²) in [4.78, 5) is 12.9. The van der Waals surface area contributed by atoms with Crippen LogP contribution in [-0.2, 0) is 13.1 Å². The molecule has 0 amide bonds. The zero-order valence-corrected chi connectivity index (χ0v) is 13.5. The smallest absolute Gasteiger partial charge is 0.169 e. The first-order valence-corrected chi connectivity index (χ1v) is 7.93. The van der Waals surface area contributed by atoms with E-state index in [-0.39, 0.29) is 5.56 Å². The Kier molecular flexibility index (Phi) is 3.76. The lowest BCUT2D eigenvalue weighted by molar-refractivity contribution is 0.509. The monoisotopic (exact) mass is 339 g/mol. The van der Waals surface area contributed by atoms with E-state index in [9.17, 15) is 8.78 Å². The van der Waals surface area contributed by atoms with Gasteiger partial charge in [-0.1, -0.05) is 6.07 Å². The Balaban J connectivity index is 1.79. The van der Waals surface area contributed by atoms with E-state index in [1.165, 1.54) is 12.1 Å². The number of hydrogen-bond acceptors (Lipinski definition) is 3. The van der Waals surface area contributed by atoms with Crippen molar-refractivity contribution in [3.8, 4) is 11.4 Å². The third-order valence-electron chi connectivity index (χ3n) is 4.17. The minimum absolute atomic E-state index is 0.130. The van der Waals surface area contributed by atoms with Crippen LogP contribution in [0.3, 0.4) is 0 Å². The Morgan fingerprint density at radius 1 is 1.12 bits per heavy atom. The maximum atomic E-state index is 14.1. The summed E-state index contributed by atoms with van der Waals surface area (Å²) in [6.45, 7) is 3.17. The molecule has 0 radical (unpaired) electrons. The second-order valence-corrected chi connectivity index (χ2v) is 5.62. The van der Waals surface area contributed by atoms with Gasteiger partial charge < -0.3 is 9.13 Å². The lowest BCUT2D eigenvalue weighted by Gasteiger charge is -2.10.